The van der Waals surface area contributed by atoms with Gasteiger partial charge in [0.2, 0.25) is 0 Å². The van der Waals surface area contributed by atoms with E-state index < -0.39 is 5.91 Å². The smallest absolute Gasteiger partial charge is 0.277 e. The summed E-state index contributed by atoms with van der Waals surface area (Å²) < 4.78 is 10.6. The third kappa shape index (κ3) is 6.23. The van der Waals surface area contributed by atoms with Crippen LogP contribution in [0.15, 0.2) is 51.5 Å². The second-order valence-corrected chi connectivity index (χ2v) is 8.07. The Morgan fingerprint density at radius 3 is 2.41 bits per heavy atom. The van der Waals surface area contributed by atoms with Crippen molar-refractivity contribution < 1.29 is 14.3 Å². The van der Waals surface area contributed by atoms with Gasteiger partial charge in [-0.2, -0.15) is 10.1 Å². The molecule has 0 radical (unpaired) electrons. The Morgan fingerprint density at radius 2 is 1.84 bits per heavy atom. The number of carbonyl (C=O) groups is 1. The molecule has 2 rings (SSSR count). The lowest BCUT2D eigenvalue weighted by molar-refractivity contribution is -0.110. The van der Waals surface area contributed by atoms with E-state index in [1.165, 1.54) is 7.11 Å². The van der Waals surface area contributed by atoms with E-state index in [9.17, 15) is 4.79 Å². The lowest BCUT2D eigenvalue weighted by atomic mass is 9.86. The van der Waals surface area contributed by atoms with Gasteiger partial charge < -0.3 is 20.6 Å². The predicted molar refractivity (Wildman–Crippen MR) is 132 cm³/mol. The van der Waals surface area contributed by atoms with E-state index in [0.29, 0.717) is 34.3 Å². The highest BCUT2D eigenvalue weighted by Crippen LogP contribution is 2.32. The number of nitrogens with zero attached hydrogens (tertiary/aromatic N) is 3. The fourth-order valence-corrected chi connectivity index (χ4v) is 2.96. The average molecular weight is 454 g/mol. The van der Waals surface area contributed by atoms with E-state index in [1.807, 2.05) is 12.1 Å². The van der Waals surface area contributed by atoms with Gasteiger partial charge in [-0.3, -0.25) is 4.79 Å². The van der Waals surface area contributed by atoms with Crippen LogP contribution in [0.2, 0.25) is 0 Å². The van der Waals surface area contributed by atoms with Crippen LogP contribution in [-0.2, 0) is 10.2 Å². The van der Waals surface area contributed by atoms with Crippen molar-refractivity contribution in [2.24, 2.45) is 20.9 Å². The minimum absolute atomic E-state index is 0.0316. The monoisotopic (exact) mass is 453 g/mol. The van der Waals surface area contributed by atoms with E-state index in [2.05, 4.69) is 46.3 Å². The molecule has 0 unspecified atom stereocenters. The number of amides is 1. The molecule has 0 bridgehead atoms. The van der Waals surface area contributed by atoms with Crippen LogP contribution >= 0.6 is 12.2 Å². The van der Waals surface area contributed by atoms with Crippen molar-refractivity contribution in [2.45, 2.75) is 33.1 Å². The van der Waals surface area contributed by atoms with E-state index >= 15 is 0 Å². The number of methoxy groups -OCH3 is 2. The first-order chi connectivity index (χ1) is 15.1. The first-order valence-corrected chi connectivity index (χ1v) is 10.1. The lowest BCUT2D eigenvalue weighted by Gasteiger charge is -2.20. The van der Waals surface area contributed by atoms with Crippen molar-refractivity contribution in [3.8, 4) is 11.5 Å². The number of hydrazone groups is 1. The van der Waals surface area contributed by atoms with Crippen molar-refractivity contribution in [2.75, 3.05) is 19.5 Å². The van der Waals surface area contributed by atoms with Gasteiger partial charge in [0, 0.05) is 11.8 Å². The second kappa shape index (κ2) is 10.7. The molecular weight excluding hydrogens is 426 g/mol. The largest absolute Gasteiger partial charge is 0.497 e. The van der Waals surface area contributed by atoms with E-state index in [1.54, 1.807) is 38.3 Å². The molecule has 0 aliphatic rings. The van der Waals surface area contributed by atoms with Crippen molar-refractivity contribution >= 4 is 51.8 Å². The Balaban J connectivity index is 2.39. The van der Waals surface area contributed by atoms with Crippen molar-refractivity contribution in [1.82, 2.24) is 0 Å². The molecule has 0 aromatic heterocycles. The molecular formula is C23H27N5O3S. The van der Waals surface area contributed by atoms with E-state index in [-0.39, 0.29) is 11.1 Å². The van der Waals surface area contributed by atoms with Crippen LogP contribution in [0.25, 0.3) is 0 Å². The zero-order valence-corrected chi connectivity index (χ0v) is 19.8. The number of aliphatic imine (C=N–C) groups is 2. The highest BCUT2D eigenvalue weighted by molar-refractivity contribution is 7.78. The summed E-state index contributed by atoms with van der Waals surface area (Å²) >= 11 is 4.72. The first-order valence-electron chi connectivity index (χ1n) is 9.73. The minimum Gasteiger partial charge on any atom is -0.497 e. The molecule has 0 aliphatic carbocycles. The number of ether oxygens (including phenoxy) is 2. The molecule has 3 N–H and O–H groups in total. The SMILES string of the molecule is COc1ccc(OC)c(N=C(C)/C(=N\N)C(=O)Nc2cc(N=C=S)cc(C(C)(C)C)c2)c1. The minimum atomic E-state index is -0.515. The number of carbonyl (C=O) groups excluding carboxylic acids is 1. The first kappa shape index (κ1) is 24.7. The highest BCUT2D eigenvalue weighted by Gasteiger charge is 2.19. The quantitative estimate of drug-likeness (QED) is 0.271. The Labute approximate surface area is 193 Å². The lowest BCUT2D eigenvalue weighted by Crippen LogP contribution is -2.30. The number of nitrogens with one attached hydrogen (secondary N) is 1. The summed E-state index contributed by atoms with van der Waals surface area (Å²) in [5.41, 5.74) is 2.66. The van der Waals surface area contributed by atoms with Gasteiger partial charge in [-0.1, -0.05) is 20.8 Å². The Hall–Kier alpha value is -3.55. The van der Waals surface area contributed by atoms with E-state index in [0.717, 1.165) is 5.56 Å². The molecule has 32 heavy (non-hydrogen) atoms. The number of nitrogens with two attached hydrogens (primary N) is 1. The van der Waals surface area contributed by atoms with Crippen molar-refractivity contribution in [1.29, 1.82) is 0 Å². The van der Waals surface area contributed by atoms with Gasteiger partial charge >= 0.3 is 0 Å². The molecule has 2 aromatic carbocycles. The third-order valence-electron chi connectivity index (χ3n) is 4.58. The van der Waals surface area contributed by atoms with Gasteiger partial charge in [-0.25, -0.2) is 4.99 Å². The maximum absolute atomic E-state index is 13.0. The highest BCUT2D eigenvalue weighted by atomic mass is 32.1. The maximum atomic E-state index is 13.0. The molecule has 2 aromatic rings. The van der Waals surface area contributed by atoms with Crippen LogP contribution in [0.3, 0.4) is 0 Å². The second-order valence-electron chi connectivity index (χ2n) is 7.89. The number of rotatable bonds is 7. The standard InChI is InChI=1S/C23H27N5O3S/c1-14(26-19-12-18(30-5)7-8-20(19)31-6)21(28-24)22(29)27-17-10-15(23(2,3)4)9-16(11-17)25-13-32/h7-12H,24H2,1-6H3,(H,27,29)/b26-14?,28-21+. The third-order valence-corrected chi connectivity index (χ3v) is 4.67. The van der Waals surface area contributed by atoms with Crippen molar-refractivity contribution in [3.63, 3.8) is 0 Å². The van der Waals surface area contributed by atoms with Crippen LogP contribution in [0.5, 0.6) is 11.5 Å². The fourth-order valence-electron chi connectivity index (χ4n) is 2.86. The van der Waals surface area contributed by atoms with Crippen LogP contribution < -0.4 is 20.6 Å². The summed E-state index contributed by atoms with van der Waals surface area (Å²) in [6.07, 6.45) is 0. The van der Waals surface area contributed by atoms with Crippen molar-refractivity contribution in [3.05, 3.63) is 42.0 Å². The normalized spacial score (nSPS) is 12.1. The molecule has 168 valence electrons. The van der Waals surface area contributed by atoms with Gasteiger partial charge in [0.25, 0.3) is 5.91 Å². The number of anilines is 1. The Kier molecular flexibility index (Phi) is 8.23. The number of thiocarbonyl (C=S) groups is 1. The molecule has 0 aliphatic heterocycles. The molecule has 0 spiro atoms. The van der Waals surface area contributed by atoms with Crippen LogP contribution in [-0.4, -0.2) is 36.7 Å². The summed E-state index contributed by atoms with van der Waals surface area (Å²) in [6.45, 7) is 7.81. The predicted octanol–water partition coefficient (Wildman–Crippen LogP) is 4.78. The molecule has 0 saturated carbocycles. The van der Waals surface area contributed by atoms with Gasteiger partial charge in [0.15, 0.2) is 5.71 Å². The van der Waals surface area contributed by atoms with E-state index in [4.69, 9.17) is 27.5 Å². The van der Waals surface area contributed by atoms with Gasteiger partial charge in [0.1, 0.15) is 17.2 Å². The van der Waals surface area contributed by atoms with Gasteiger partial charge in [0.05, 0.1) is 30.8 Å². The molecule has 0 saturated heterocycles. The Morgan fingerprint density at radius 1 is 1.12 bits per heavy atom. The zero-order valence-electron chi connectivity index (χ0n) is 19.0. The zero-order chi connectivity index (χ0) is 23.9. The molecule has 0 heterocycles. The van der Waals surface area contributed by atoms with Gasteiger partial charge in [-0.05, 0) is 60.5 Å². The number of hydrogen-bond acceptors (Lipinski definition) is 8. The maximum Gasteiger partial charge on any atom is 0.277 e. The van der Waals surface area contributed by atoms with Crippen LogP contribution in [0, 0.1) is 0 Å². The molecule has 8 nitrogen and oxygen atoms in total. The summed E-state index contributed by atoms with van der Waals surface area (Å²) in [5.74, 6) is 6.13. The summed E-state index contributed by atoms with van der Waals surface area (Å²) in [5, 5.41) is 8.82. The summed E-state index contributed by atoms with van der Waals surface area (Å²) in [7, 11) is 3.08. The topological polar surface area (TPSA) is 111 Å². The summed E-state index contributed by atoms with van der Waals surface area (Å²) in [4.78, 5) is 21.5. The van der Waals surface area contributed by atoms with Crippen LogP contribution in [0.4, 0.5) is 17.1 Å². The summed E-state index contributed by atoms with van der Waals surface area (Å²) in [6, 6.07) is 10.6. The Bertz CT molecular complexity index is 1110. The van der Waals surface area contributed by atoms with Crippen LogP contribution in [0.1, 0.15) is 33.3 Å². The van der Waals surface area contributed by atoms with Gasteiger partial charge in [-0.15, -0.1) is 0 Å². The molecule has 9 heteroatoms. The fraction of sp³-hybridized carbons (Fsp3) is 0.304. The number of hydrogen-bond donors (Lipinski definition) is 2. The molecule has 0 fully saturated rings. The number of isothiocyanates is 1. The molecule has 0 atom stereocenters. The molecule has 1 amide bonds. The average Bonchev–Trinajstić information content (AvgIpc) is 2.73. The number of benzene rings is 2.